The SMILES string of the molecule is CNC(=S)NNC(=O)c1cc(Cl)cc(C)c1NC(=O)c1cc(C(F)(F)F)nn1-c1ncccc1Cl. The number of aryl methyl sites for hydroxylation is 1. The predicted octanol–water partition coefficient (Wildman–Crippen LogP) is 3.89. The Hall–Kier alpha value is -3.42. The van der Waals surface area contributed by atoms with E-state index in [0.717, 1.165) is 0 Å². The van der Waals surface area contributed by atoms with Crippen molar-refractivity contribution >= 4 is 58.0 Å². The van der Waals surface area contributed by atoms with Crippen LogP contribution in [0.1, 0.15) is 32.1 Å². The van der Waals surface area contributed by atoms with Crippen LogP contribution in [0.25, 0.3) is 5.82 Å². The number of hydrogen-bond acceptors (Lipinski definition) is 5. The molecule has 3 rings (SSSR count). The molecular formula is C20H16Cl2F3N7O2S. The van der Waals surface area contributed by atoms with Crippen LogP contribution in [-0.2, 0) is 6.18 Å². The molecule has 0 unspecified atom stereocenters. The van der Waals surface area contributed by atoms with E-state index in [0.29, 0.717) is 16.3 Å². The van der Waals surface area contributed by atoms with Gasteiger partial charge in [0.1, 0.15) is 5.69 Å². The fourth-order valence-corrected chi connectivity index (χ4v) is 3.41. The van der Waals surface area contributed by atoms with Crippen molar-refractivity contribution in [2.24, 2.45) is 0 Å². The second-order valence-corrected chi connectivity index (χ2v) is 8.14. The lowest BCUT2D eigenvalue weighted by atomic mass is 10.1. The average Bonchev–Trinajstić information content (AvgIpc) is 3.25. The van der Waals surface area contributed by atoms with Gasteiger partial charge in [-0.15, -0.1) is 0 Å². The van der Waals surface area contributed by atoms with Crippen LogP contribution in [-0.4, -0.2) is 38.7 Å². The number of nitrogens with zero attached hydrogens (tertiary/aromatic N) is 3. The van der Waals surface area contributed by atoms with Crippen LogP contribution in [0, 0.1) is 6.92 Å². The van der Waals surface area contributed by atoms with Crippen molar-refractivity contribution in [2.45, 2.75) is 13.1 Å². The van der Waals surface area contributed by atoms with E-state index in [2.05, 4.69) is 31.6 Å². The van der Waals surface area contributed by atoms with E-state index in [1.54, 1.807) is 6.92 Å². The number of benzene rings is 1. The smallest absolute Gasteiger partial charge is 0.364 e. The molecule has 0 atom stereocenters. The number of hydrazine groups is 1. The molecule has 0 bridgehead atoms. The highest BCUT2D eigenvalue weighted by Crippen LogP contribution is 2.31. The van der Waals surface area contributed by atoms with Crippen molar-refractivity contribution in [3.05, 3.63) is 69.1 Å². The molecule has 15 heteroatoms. The first-order valence-corrected chi connectivity index (χ1v) is 10.8. The molecule has 0 radical (unpaired) electrons. The number of anilines is 1. The van der Waals surface area contributed by atoms with Crippen molar-refractivity contribution in [1.29, 1.82) is 0 Å². The molecule has 0 aliphatic heterocycles. The highest BCUT2D eigenvalue weighted by molar-refractivity contribution is 7.80. The number of alkyl halides is 3. The summed E-state index contributed by atoms with van der Waals surface area (Å²) in [5.74, 6) is -1.92. The lowest BCUT2D eigenvalue weighted by molar-refractivity contribution is -0.141. The summed E-state index contributed by atoms with van der Waals surface area (Å²) in [7, 11) is 1.53. The standard InChI is InChI=1S/C20H16Cl2F3N7O2S/c1-9-6-10(21)7-11(17(33)29-30-19(35)26-2)15(9)28-18(34)13-8-14(20(23,24)25)31-32(13)16-12(22)4-3-5-27-16/h3-8H,1-2H3,(H,28,34)(H,29,33)(H2,26,30,35). The van der Waals surface area contributed by atoms with Crippen LogP contribution in [0.4, 0.5) is 18.9 Å². The maximum absolute atomic E-state index is 13.4. The molecule has 184 valence electrons. The van der Waals surface area contributed by atoms with Crippen molar-refractivity contribution < 1.29 is 22.8 Å². The van der Waals surface area contributed by atoms with Gasteiger partial charge in [0, 0.05) is 24.3 Å². The Morgan fingerprint density at radius 2 is 1.83 bits per heavy atom. The molecule has 35 heavy (non-hydrogen) atoms. The van der Waals surface area contributed by atoms with Crippen molar-refractivity contribution in [3.8, 4) is 5.82 Å². The fourth-order valence-electron chi connectivity index (χ4n) is 2.89. The maximum atomic E-state index is 13.4. The number of carbonyl (C=O) groups is 2. The third kappa shape index (κ3) is 5.99. The van der Waals surface area contributed by atoms with Crippen LogP contribution in [0.2, 0.25) is 10.0 Å². The summed E-state index contributed by atoms with van der Waals surface area (Å²) < 4.78 is 40.9. The quantitative estimate of drug-likeness (QED) is 0.290. The number of pyridine rings is 1. The Morgan fingerprint density at radius 1 is 1.11 bits per heavy atom. The van der Waals surface area contributed by atoms with Crippen LogP contribution in [0.15, 0.2) is 36.5 Å². The molecule has 0 saturated heterocycles. The Labute approximate surface area is 212 Å². The first kappa shape index (κ1) is 26.2. The zero-order valence-electron chi connectivity index (χ0n) is 17.9. The molecule has 0 saturated carbocycles. The van der Waals surface area contributed by atoms with Gasteiger partial charge in [0.15, 0.2) is 16.6 Å². The molecule has 3 aromatic rings. The number of rotatable bonds is 4. The second-order valence-electron chi connectivity index (χ2n) is 6.89. The molecule has 4 N–H and O–H groups in total. The van der Waals surface area contributed by atoms with Gasteiger partial charge in [-0.3, -0.25) is 20.4 Å². The molecule has 2 aromatic heterocycles. The predicted molar refractivity (Wildman–Crippen MR) is 128 cm³/mol. The van der Waals surface area contributed by atoms with Gasteiger partial charge in [0.2, 0.25) is 0 Å². The largest absolute Gasteiger partial charge is 0.435 e. The monoisotopic (exact) mass is 545 g/mol. The van der Waals surface area contributed by atoms with E-state index in [-0.39, 0.29) is 32.2 Å². The average molecular weight is 546 g/mol. The Bertz CT molecular complexity index is 1310. The third-order valence-corrected chi connectivity index (χ3v) is 5.29. The van der Waals surface area contributed by atoms with E-state index in [9.17, 15) is 22.8 Å². The van der Waals surface area contributed by atoms with Crippen LogP contribution in [0.5, 0.6) is 0 Å². The van der Waals surface area contributed by atoms with Gasteiger partial charge < -0.3 is 10.6 Å². The Morgan fingerprint density at radius 3 is 2.46 bits per heavy atom. The minimum atomic E-state index is -4.85. The van der Waals surface area contributed by atoms with Gasteiger partial charge >= 0.3 is 6.18 Å². The topological polar surface area (TPSA) is 113 Å². The number of aromatic nitrogens is 3. The number of halogens is 5. The normalized spacial score (nSPS) is 11.1. The van der Waals surface area contributed by atoms with E-state index in [1.807, 2.05) is 0 Å². The highest BCUT2D eigenvalue weighted by atomic mass is 35.5. The number of hydrogen-bond donors (Lipinski definition) is 4. The van der Waals surface area contributed by atoms with Crippen molar-refractivity contribution in [3.63, 3.8) is 0 Å². The summed E-state index contributed by atoms with van der Waals surface area (Å²) in [5.41, 5.74) is 3.21. The summed E-state index contributed by atoms with van der Waals surface area (Å²) in [6, 6.07) is 6.15. The van der Waals surface area contributed by atoms with Gasteiger partial charge in [0.05, 0.1) is 16.3 Å². The zero-order valence-corrected chi connectivity index (χ0v) is 20.2. The van der Waals surface area contributed by atoms with E-state index in [4.69, 9.17) is 35.4 Å². The fraction of sp³-hybridized carbons (Fsp3) is 0.150. The maximum Gasteiger partial charge on any atom is 0.435 e. The summed E-state index contributed by atoms with van der Waals surface area (Å²) in [5, 5.41) is 8.80. The van der Waals surface area contributed by atoms with E-state index in [1.165, 1.54) is 37.5 Å². The molecule has 0 spiro atoms. The number of amides is 2. The highest BCUT2D eigenvalue weighted by Gasteiger charge is 2.36. The number of carbonyl (C=O) groups excluding carboxylic acids is 2. The Balaban J connectivity index is 2.04. The Kier molecular flexibility index (Phi) is 7.83. The zero-order chi connectivity index (χ0) is 25.9. The van der Waals surface area contributed by atoms with Crippen molar-refractivity contribution in [1.82, 2.24) is 30.9 Å². The molecule has 0 fully saturated rings. The van der Waals surface area contributed by atoms with Gasteiger partial charge in [-0.05, 0) is 49.0 Å². The van der Waals surface area contributed by atoms with E-state index < -0.39 is 29.4 Å². The summed E-state index contributed by atoms with van der Waals surface area (Å²) in [4.78, 5) is 29.8. The minimum Gasteiger partial charge on any atom is -0.364 e. The molecule has 0 aliphatic rings. The van der Waals surface area contributed by atoms with Gasteiger partial charge in [-0.25, -0.2) is 9.67 Å². The molecule has 0 aliphatic carbocycles. The van der Waals surface area contributed by atoms with Gasteiger partial charge in [-0.2, -0.15) is 18.3 Å². The molecule has 9 nitrogen and oxygen atoms in total. The second kappa shape index (κ2) is 10.5. The molecule has 1 aromatic carbocycles. The summed E-state index contributed by atoms with van der Waals surface area (Å²) in [6.45, 7) is 1.55. The lowest BCUT2D eigenvalue weighted by Crippen LogP contribution is -2.45. The van der Waals surface area contributed by atoms with Crippen LogP contribution in [0.3, 0.4) is 0 Å². The summed E-state index contributed by atoms with van der Waals surface area (Å²) >= 11 is 17.0. The number of thiocarbonyl (C=S) groups is 1. The molecule has 2 heterocycles. The van der Waals surface area contributed by atoms with Gasteiger partial charge in [0.25, 0.3) is 11.8 Å². The molecular weight excluding hydrogens is 530 g/mol. The number of nitrogens with one attached hydrogen (secondary N) is 4. The first-order valence-electron chi connectivity index (χ1n) is 9.60. The third-order valence-electron chi connectivity index (χ3n) is 4.47. The van der Waals surface area contributed by atoms with Crippen LogP contribution < -0.4 is 21.5 Å². The van der Waals surface area contributed by atoms with E-state index >= 15 is 0 Å². The van der Waals surface area contributed by atoms with Gasteiger partial charge in [-0.1, -0.05) is 23.2 Å². The lowest BCUT2D eigenvalue weighted by Gasteiger charge is -2.16. The van der Waals surface area contributed by atoms with Crippen LogP contribution >= 0.6 is 35.4 Å². The first-order chi connectivity index (χ1) is 16.4. The van der Waals surface area contributed by atoms with Crippen molar-refractivity contribution in [2.75, 3.05) is 12.4 Å². The molecule has 2 amide bonds. The summed E-state index contributed by atoms with van der Waals surface area (Å²) in [6.07, 6.45) is -3.56. The minimum absolute atomic E-state index is 0.00232.